The van der Waals surface area contributed by atoms with Crippen LogP contribution < -0.4 is 14.2 Å². The van der Waals surface area contributed by atoms with Crippen LogP contribution in [-0.4, -0.2) is 21.7 Å². The second kappa shape index (κ2) is 5.42. The Labute approximate surface area is 116 Å². The third-order valence-corrected chi connectivity index (χ3v) is 3.13. The molecule has 0 spiro atoms. The van der Waals surface area contributed by atoms with Crippen LogP contribution in [-0.2, 0) is 19.8 Å². The molecular formula is C14H16N2O4. The van der Waals surface area contributed by atoms with E-state index in [9.17, 15) is 5.11 Å². The van der Waals surface area contributed by atoms with Crippen molar-refractivity contribution in [1.29, 1.82) is 0 Å². The lowest BCUT2D eigenvalue weighted by Gasteiger charge is -2.10. The molecular weight excluding hydrogens is 260 g/mol. The molecule has 2 aromatic rings. The van der Waals surface area contributed by atoms with Gasteiger partial charge in [0.1, 0.15) is 12.4 Å². The normalized spacial score (nSPS) is 12.7. The van der Waals surface area contributed by atoms with Crippen molar-refractivity contribution in [3.05, 3.63) is 35.7 Å². The summed E-state index contributed by atoms with van der Waals surface area (Å²) in [7, 11) is 0. The first-order valence-corrected chi connectivity index (χ1v) is 6.47. The van der Waals surface area contributed by atoms with Gasteiger partial charge in [-0.15, -0.1) is 0 Å². The quantitative estimate of drug-likeness (QED) is 0.900. The molecule has 0 radical (unpaired) electrons. The number of nitrogens with zero attached hydrogens (tertiary/aromatic N) is 2. The standard InChI is InChI=1S/C14H16N2O4/c1-2-16-6-10(5-15-16)8-18-12-4-14-13(19-9-20-14)3-11(12)7-17/h3-6,17H,2,7-9H2,1H3. The molecule has 0 amide bonds. The van der Waals surface area contributed by atoms with E-state index in [4.69, 9.17) is 14.2 Å². The highest BCUT2D eigenvalue weighted by Gasteiger charge is 2.17. The number of aryl methyl sites for hydroxylation is 1. The smallest absolute Gasteiger partial charge is 0.231 e. The van der Waals surface area contributed by atoms with Gasteiger partial charge >= 0.3 is 0 Å². The average molecular weight is 276 g/mol. The molecule has 2 heterocycles. The fourth-order valence-corrected chi connectivity index (χ4v) is 2.04. The molecule has 0 saturated heterocycles. The van der Waals surface area contributed by atoms with Gasteiger partial charge in [-0.25, -0.2) is 0 Å². The number of rotatable bonds is 5. The Kier molecular flexibility index (Phi) is 3.47. The molecule has 1 aliphatic heterocycles. The van der Waals surface area contributed by atoms with E-state index in [1.54, 1.807) is 18.3 Å². The Morgan fingerprint density at radius 1 is 1.35 bits per heavy atom. The van der Waals surface area contributed by atoms with Crippen molar-refractivity contribution in [1.82, 2.24) is 9.78 Å². The van der Waals surface area contributed by atoms with Crippen LogP contribution in [0.3, 0.4) is 0 Å². The Morgan fingerprint density at radius 2 is 2.15 bits per heavy atom. The SMILES string of the molecule is CCn1cc(COc2cc3c(cc2CO)OCO3)cn1. The summed E-state index contributed by atoms with van der Waals surface area (Å²) in [5.41, 5.74) is 1.66. The van der Waals surface area contributed by atoms with Gasteiger partial charge in [0.15, 0.2) is 11.5 Å². The molecule has 6 nitrogen and oxygen atoms in total. The van der Waals surface area contributed by atoms with Crippen molar-refractivity contribution in [3.63, 3.8) is 0 Å². The van der Waals surface area contributed by atoms with E-state index in [2.05, 4.69) is 5.10 Å². The maximum atomic E-state index is 9.40. The van der Waals surface area contributed by atoms with Gasteiger partial charge in [-0.1, -0.05) is 0 Å². The second-order valence-corrected chi connectivity index (χ2v) is 4.46. The third-order valence-electron chi connectivity index (χ3n) is 3.13. The second-order valence-electron chi connectivity index (χ2n) is 4.46. The van der Waals surface area contributed by atoms with E-state index < -0.39 is 0 Å². The van der Waals surface area contributed by atoms with Crippen molar-refractivity contribution in [3.8, 4) is 17.2 Å². The summed E-state index contributed by atoms with van der Waals surface area (Å²) in [4.78, 5) is 0. The first kappa shape index (κ1) is 12.8. The van der Waals surface area contributed by atoms with Gasteiger partial charge in [-0.05, 0) is 13.0 Å². The van der Waals surface area contributed by atoms with Gasteiger partial charge in [0.2, 0.25) is 6.79 Å². The van der Waals surface area contributed by atoms with Crippen molar-refractivity contribution in [2.75, 3.05) is 6.79 Å². The number of hydrogen-bond acceptors (Lipinski definition) is 5. The maximum Gasteiger partial charge on any atom is 0.231 e. The van der Waals surface area contributed by atoms with Crippen molar-refractivity contribution < 1.29 is 19.3 Å². The van der Waals surface area contributed by atoms with Crippen LogP contribution >= 0.6 is 0 Å². The zero-order valence-electron chi connectivity index (χ0n) is 11.2. The fourth-order valence-electron chi connectivity index (χ4n) is 2.04. The summed E-state index contributed by atoms with van der Waals surface area (Å²) in [6, 6.07) is 3.49. The van der Waals surface area contributed by atoms with Gasteiger partial charge in [0.05, 0.1) is 12.8 Å². The summed E-state index contributed by atoms with van der Waals surface area (Å²) in [6.07, 6.45) is 3.71. The molecule has 0 aliphatic carbocycles. The first-order valence-electron chi connectivity index (χ1n) is 6.47. The number of benzene rings is 1. The topological polar surface area (TPSA) is 65.7 Å². The molecule has 106 valence electrons. The van der Waals surface area contributed by atoms with Crippen LogP contribution in [0.1, 0.15) is 18.1 Å². The number of ether oxygens (including phenoxy) is 3. The lowest BCUT2D eigenvalue weighted by molar-refractivity contribution is 0.173. The number of aliphatic hydroxyl groups is 1. The number of hydrogen-bond donors (Lipinski definition) is 1. The van der Waals surface area contributed by atoms with E-state index in [0.29, 0.717) is 29.4 Å². The molecule has 20 heavy (non-hydrogen) atoms. The number of aliphatic hydroxyl groups excluding tert-OH is 1. The van der Waals surface area contributed by atoms with Crippen LogP contribution in [0.15, 0.2) is 24.5 Å². The predicted octanol–water partition coefficient (Wildman–Crippen LogP) is 1.70. The third kappa shape index (κ3) is 2.42. The minimum atomic E-state index is -0.111. The van der Waals surface area contributed by atoms with Gasteiger partial charge in [0.25, 0.3) is 0 Å². The molecule has 0 unspecified atom stereocenters. The molecule has 0 saturated carbocycles. The van der Waals surface area contributed by atoms with Crippen LogP contribution in [0.2, 0.25) is 0 Å². The molecule has 3 rings (SSSR count). The van der Waals surface area contributed by atoms with Crippen molar-refractivity contribution >= 4 is 0 Å². The zero-order valence-corrected chi connectivity index (χ0v) is 11.2. The van der Waals surface area contributed by atoms with E-state index >= 15 is 0 Å². The number of aromatic nitrogens is 2. The summed E-state index contributed by atoms with van der Waals surface area (Å²) in [6.45, 7) is 3.34. The monoisotopic (exact) mass is 276 g/mol. The molecule has 0 fully saturated rings. The number of fused-ring (bicyclic) bond motifs is 1. The molecule has 1 N–H and O–H groups in total. The molecule has 0 atom stereocenters. The van der Waals surface area contributed by atoms with E-state index in [1.807, 2.05) is 17.8 Å². The van der Waals surface area contributed by atoms with E-state index in [0.717, 1.165) is 12.1 Å². The highest BCUT2D eigenvalue weighted by molar-refractivity contribution is 5.51. The highest BCUT2D eigenvalue weighted by atomic mass is 16.7. The Bertz CT molecular complexity index is 609. The van der Waals surface area contributed by atoms with Crippen LogP contribution in [0, 0.1) is 0 Å². The molecule has 6 heteroatoms. The lowest BCUT2D eigenvalue weighted by atomic mass is 10.2. The van der Waals surface area contributed by atoms with Crippen molar-refractivity contribution in [2.24, 2.45) is 0 Å². The molecule has 1 aliphatic rings. The fraction of sp³-hybridized carbons (Fsp3) is 0.357. The van der Waals surface area contributed by atoms with Crippen LogP contribution in [0.4, 0.5) is 0 Å². The predicted molar refractivity (Wildman–Crippen MR) is 70.7 cm³/mol. The summed E-state index contributed by atoms with van der Waals surface area (Å²) in [5.74, 6) is 1.88. The van der Waals surface area contributed by atoms with Crippen molar-refractivity contribution in [2.45, 2.75) is 26.7 Å². The minimum Gasteiger partial charge on any atom is -0.488 e. The Morgan fingerprint density at radius 3 is 2.85 bits per heavy atom. The zero-order chi connectivity index (χ0) is 13.9. The lowest BCUT2D eigenvalue weighted by Crippen LogP contribution is -1.98. The summed E-state index contributed by atoms with van der Waals surface area (Å²) >= 11 is 0. The minimum absolute atomic E-state index is 0.111. The van der Waals surface area contributed by atoms with Crippen LogP contribution in [0.5, 0.6) is 17.2 Å². The summed E-state index contributed by atoms with van der Waals surface area (Å²) < 4.78 is 18.2. The molecule has 1 aromatic carbocycles. The highest BCUT2D eigenvalue weighted by Crippen LogP contribution is 2.38. The van der Waals surface area contributed by atoms with Gasteiger partial charge in [-0.3, -0.25) is 4.68 Å². The Hall–Kier alpha value is -2.21. The summed E-state index contributed by atoms with van der Waals surface area (Å²) in [5, 5.41) is 13.6. The van der Waals surface area contributed by atoms with Gasteiger partial charge in [0, 0.05) is 29.9 Å². The van der Waals surface area contributed by atoms with E-state index in [1.165, 1.54) is 0 Å². The molecule has 0 bridgehead atoms. The van der Waals surface area contributed by atoms with Gasteiger partial charge < -0.3 is 19.3 Å². The molecule has 1 aromatic heterocycles. The van der Waals surface area contributed by atoms with Crippen LogP contribution in [0.25, 0.3) is 0 Å². The maximum absolute atomic E-state index is 9.40. The largest absolute Gasteiger partial charge is 0.488 e. The Balaban J connectivity index is 1.76. The first-order chi connectivity index (χ1) is 9.80. The van der Waals surface area contributed by atoms with E-state index in [-0.39, 0.29) is 13.4 Å². The van der Waals surface area contributed by atoms with Gasteiger partial charge in [-0.2, -0.15) is 5.10 Å². The average Bonchev–Trinajstić information content (AvgIpc) is 3.12.